The van der Waals surface area contributed by atoms with Gasteiger partial charge in [-0.05, 0) is 36.2 Å². The number of rotatable bonds is 6. The minimum atomic E-state index is -1.29. The highest BCUT2D eigenvalue weighted by molar-refractivity contribution is 6.20. The molecule has 0 radical (unpaired) electrons. The van der Waals surface area contributed by atoms with Crippen LogP contribution in [0.4, 0.5) is 10.1 Å². The number of amides is 2. The second-order valence-electron chi connectivity index (χ2n) is 9.15. The predicted molar refractivity (Wildman–Crippen MR) is 148 cm³/mol. The quantitative estimate of drug-likeness (QED) is 0.307. The zero-order valence-electron chi connectivity index (χ0n) is 21.1. The Bertz CT molecular complexity index is 1780. The van der Waals surface area contributed by atoms with Gasteiger partial charge >= 0.3 is 0 Å². The number of benzodiazepines with no additional fused rings is 1. The minimum Gasteiger partial charge on any atom is -0.396 e. The van der Waals surface area contributed by atoms with Gasteiger partial charge in [-0.2, -0.15) is 5.10 Å². The van der Waals surface area contributed by atoms with E-state index in [1.807, 2.05) is 42.5 Å². The van der Waals surface area contributed by atoms with E-state index in [9.17, 15) is 14.7 Å². The molecule has 9 nitrogen and oxygen atoms in total. The lowest BCUT2D eigenvalue weighted by Crippen LogP contribution is -2.42. The molecule has 0 saturated heterocycles. The van der Waals surface area contributed by atoms with E-state index in [1.54, 1.807) is 30.5 Å². The molecule has 6 rings (SSSR count). The number of aliphatic hydroxyl groups excluding tert-OH is 1. The third kappa shape index (κ3) is 4.61. The van der Waals surface area contributed by atoms with Gasteiger partial charge in [0.05, 0.1) is 11.4 Å². The number of nitrogens with one attached hydrogen (secondary N) is 2. The van der Waals surface area contributed by atoms with Gasteiger partial charge < -0.3 is 15.7 Å². The molecule has 0 bridgehead atoms. The van der Waals surface area contributed by atoms with Crippen LogP contribution < -0.4 is 10.6 Å². The molecule has 1 aliphatic heterocycles. The van der Waals surface area contributed by atoms with Crippen molar-refractivity contribution < 1.29 is 19.1 Å². The van der Waals surface area contributed by atoms with Gasteiger partial charge in [0.1, 0.15) is 17.1 Å². The monoisotopic (exact) mass is 534 g/mol. The molecule has 0 fully saturated rings. The third-order valence-corrected chi connectivity index (χ3v) is 6.57. The highest BCUT2D eigenvalue weighted by atomic mass is 19.1. The first kappa shape index (κ1) is 25.1. The topological polar surface area (TPSA) is 121 Å². The van der Waals surface area contributed by atoms with Gasteiger partial charge in [0.15, 0.2) is 5.65 Å². The second-order valence-corrected chi connectivity index (χ2v) is 9.15. The number of fused-ring (bicyclic) bond motifs is 2. The molecule has 5 aromatic rings. The Morgan fingerprint density at radius 3 is 2.62 bits per heavy atom. The summed E-state index contributed by atoms with van der Waals surface area (Å²) in [6, 6.07) is 22.8. The van der Waals surface area contributed by atoms with Crippen LogP contribution in [0, 0.1) is 5.82 Å². The molecule has 0 aliphatic carbocycles. The van der Waals surface area contributed by atoms with E-state index in [0.717, 1.165) is 5.56 Å². The second kappa shape index (κ2) is 10.5. The van der Waals surface area contributed by atoms with Crippen molar-refractivity contribution in [3.63, 3.8) is 0 Å². The van der Waals surface area contributed by atoms with Crippen molar-refractivity contribution in [2.24, 2.45) is 4.99 Å². The number of para-hydroxylation sites is 1. The summed E-state index contributed by atoms with van der Waals surface area (Å²) in [7, 11) is 0. The van der Waals surface area contributed by atoms with E-state index in [0.29, 0.717) is 22.5 Å². The van der Waals surface area contributed by atoms with Gasteiger partial charge in [0.2, 0.25) is 6.17 Å². The van der Waals surface area contributed by atoms with E-state index in [4.69, 9.17) is 0 Å². The number of aliphatic hydroxyl groups is 1. The van der Waals surface area contributed by atoms with Crippen molar-refractivity contribution in [3.8, 4) is 11.3 Å². The van der Waals surface area contributed by atoms with Crippen LogP contribution in [0.25, 0.3) is 16.9 Å². The fourth-order valence-electron chi connectivity index (χ4n) is 4.70. The zero-order valence-corrected chi connectivity index (χ0v) is 21.1. The standard InChI is InChI=1S/C30H23FN6O3/c31-22-17-18(13-16-38)11-12-20(22)26-24(28-32-14-6-15-37(28)36-26)29(39)35-27-30(40)33-23-10-5-4-9-21(23)25(34-27)19-7-2-1-3-8-19/h1-12,14-15,17,27,38H,13,16H2,(H,33,40)(H,35,39)/t27-/m1/s1. The smallest absolute Gasteiger partial charge is 0.269 e. The highest BCUT2D eigenvalue weighted by Crippen LogP contribution is 2.29. The van der Waals surface area contributed by atoms with Crippen LogP contribution in [0.1, 0.15) is 27.0 Å². The lowest BCUT2D eigenvalue weighted by molar-refractivity contribution is -0.117. The number of anilines is 1. The lowest BCUT2D eigenvalue weighted by Gasteiger charge is -2.14. The van der Waals surface area contributed by atoms with Gasteiger partial charge in [-0.15, -0.1) is 0 Å². The molecule has 0 saturated carbocycles. The maximum Gasteiger partial charge on any atom is 0.269 e. The molecule has 3 N–H and O–H groups in total. The Labute approximate surface area is 228 Å². The van der Waals surface area contributed by atoms with E-state index in [-0.39, 0.29) is 35.5 Å². The molecule has 1 atom stereocenters. The first-order chi connectivity index (χ1) is 19.5. The van der Waals surface area contributed by atoms with Gasteiger partial charge in [-0.25, -0.2) is 18.9 Å². The lowest BCUT2D eigenvalue weighted by atomic mass is 10.0. The molecule has 40 heavy (non-hydrogen) atoms. The summed E-state index contributed by atoms with van der Waals surface area (Å²) in [4.78, 5) is 36.1. The molecule has 198 valence electrons. The molecule has 1 aliphatic rings. The van der Waals surface area contributed by atoms with Gasteiger partial charge in [-0.3, -0.25) is 9.59 Å². The zero-order chi connectivity index (χ0) is 27.6. The molecule has 0 unspecified atom stereocenters. The van der Waals surface area contributed by atoms with Crippen LogP contribution in [0.15, 0.2) is 96.2 Å². The molecule has 3 aromatic carbocycles. The van der Waals surface area contributed by atoms with Gasteiger partial charge in [0, 0.05) is 35.7 Å². The van der Waals surface area contributed by atoms with Crippen molar-refractivity contribution >= 4 is 28.9 Å². The summed E-state index contributed by atoms with van der Waals surface area (Å²) in [6.45, 7) is -0.121. The summed E-state index contributed by atoms with van der Waals surface area (Å²) >= 11 is 0. The minimum absolute atomic E-state index is 0.000399. The van der Waals surface area contributed by atoms with Gasteiger partial charge in [0.25, 0.3) is 11.8 Å². The van der Waals surface area contributed by atoms with Gasteiger partial charge in [-0.1, -0.05) is 54.6 Å². The van der Waals surface area contributed by atoms with E-state index < -0.39 is 23.8 Å². The first-order valence-corrected chi connectivity index (χ1v) is 12.6. The number of benzene rings is 3. The number of carbonyl (C=O) groups is 2. The van der Waals surface area contributed by atoms with Crippen molar-refractivity contribution in [1.29, 1.82) is 0 Å². The number of carbonyl (C=O) groups excluding carboxylic acids is 2. The fraction of sp³-hybridized carbons (Fsp3) is 0.100. The SMILES string of the molecule is O=C(N[C@H]1N=C(c2ccccc2)c2ccccc2NC1=O)c1c(-c2ccc(CCO)cc2F)nn2cccnc12. The van der Waals surface area contributed by atoms with E-state index in [1.165, 1.54) is 22.8 Å². The molecule has 2 amide bonds. The molecular weight excluding hydrogens is 511 g/mol. The Kier molecular flexibility index (Phi) is 6.59. The maximum absolute atomic E-state index is 15.2. The number of aliphatic imine (C=N–C) groups is 1. The highest BCUT2D eigenvalue weighted by Gasteiger charge is 2.30. The van der Waals surface area contributed by atoms with Crippen LogP contribution in [0.5, 0.6) is 0 Å². The number of hydrogen-bond acceptors (Lipinski definition) is 6. The van der Waals surface area contributed by atoms with Crippen molar-refractivity contribution in [3.05, 3.63) is 119 Å². The third-order valence-electron chi connectivity index (χ3n) is 6.57. The predicted octanol–water partition coefficient (Wildman–Crippen LogP) is 3.62. The van der Waals surface area contributed by atoms with Crippen LogP contribution in [0.2, 0.25) is 0 Å². The maximum atomic E-state index is 15.2. The summed E-state index contributed by atoms with van der Waals surface area (Å²) in [5, 5.41) is 19.2. The van der Waals surface area contributed by atoms with Crippen LogP contribution in [0.3, 0.4) is 0 Å². The number of aromatic nitrogens is 3. The Morgan fingerprint density at radius 1 is 1.02 bits per heavy atom. The molecule has 2 aromatic heterocycles. The Hall–Kier alpha value is -5.22. The molecule has 0 spiro atoms. The summed E-state index contributed by atoms with van der Waals surface area (Å²) in [5.74, 6) is -1.82. The average molecular weight is 535 g/mol. The Morgan fingerprint density at radius 2 is 1.82 bits per heavy atom. The molecule has 10 heteroatoms. The summed E-state index contributed by atoms with van der Waals surface area (Å²) < 4.78 is 16.6. The number of halogens is 1. The van der Waals surface area contributed by atoms with Crippen LogP contribution in [-0.2, 0) is 11.2 Å². The van der Waals surface area contributed by atoms with Crippen LogP contribution in [-0.4, -0.2) is 50.0 Å². The molecular formula is C30H23FN6O3. The van der Waals surface area contributed by atoms with E-state index in [2.05, 4.69) is 25.7 Å². The number of nitrogens with zero attached hydrogens (tertiary/aromatic N) is 4. The first-order valence-electron chi connectivity index (χ1n) is 12.6. The summed E-state index contributed by atoms with van der Waals surface area (Å²) in [6.07, 6.45) is 2.09. The normalized spacial score (nSPS) is 14.7. The average Bonchev–Trinajstić information content (AvgIpc) is 3.29. The Balaban J connectivity index is 1.43. The number of hydrogen-bond donors (Lipinski definition) is 3. The van der Waals surface area contributed by atoms with Crippen molar-refractivity contribution in [2.75, 3.05) is 11.9 Å². The summed E-state index contributed by atoms with van der Waals surface area (Å²) in [5.41, 5.74) is 3.53. The molecule has 3 heterocycles. The van der Waals surface area contributed by atoms with Crippen molar-refractivity contribution in [1.82, 2.24) is 19.9 Å². The van der Waals surface area contributed by atoms with Crippen LogP contribution >= 0.6 is 0 Å². The largest absolute Gasteiger partial charge is 0.396 e. The van der Waals surface area contributed by atoms with E-state index >= 15 is 4.39 Å². The van der Waals surface area contributed by atoms with Crippen molar-refractivity contribution in [2.45, 2.75) is 12.6 Å². The fourth-order valence-corrected chi connectivity index (χ4v) is 4.70.